The number of hydrogen-bond acceptors (Lipinski definition) is 1. The lowest BCUT2D eigenvalue weighted by molar-refractivity contribution is 0.593. The van der Waals surface area contributed by atoms with Gasteiger partial charge in [-0.25, -0.2) is 0 Å². The highest BCUT2D eigenvalue weighted by Crippen LogP contribution is 2.53. The first-order valence-corrected chi connectivity index (χ1v) is 18.4. The summed E-state index contributed by atoms with van der Waals surface area (Å²) in [6, 6.07) is 64.1. The first kappa shape index (κ1) is 28.1. The van der Waals surface area contributed by atoms with Crippen molar-refractivity contribution in [3.8, 4) is 39.1 Å². The molecule has 1 unspecified atom stereocenters. The number of fused-ring (bicyclic) bond motifs is 7. The quantitative estimate of drug-likeness (QED) is 0.175. The lowest BCUT2D eigenvalue weighted by atomic mass is 9.96. The third kappa shape index (κ3) is 4.18. The lowest BCUT2D eigenvalue weighted by Gasteiger charge is -2.16. The first-order valence-electron chi connectivity index (χ1n) is 16.7. The maximum absolute atomic E-state index is 15.2. The standard InChI is InChI=1S/C46H30NOP/c48-49(36-13-2-1-3-14-36)45-20-9-7-17-40(45)42-29-44-41(30-46(42)49)39-16-6-8-19-43(39)47(44)35-27-25-32(26-28-35)31-21-23-34(24-22-31)38-18-10-12-33-11-4-5-15-37(33)38/h1-30H. The lowest BCUT2D eigenvalue weighted by Crippen LogP contribution is -2.20. The fraction of sp³-hybridized carbons (Fsp3) is 0. The zero-order chi connectivity index (χ0) is 32.5. The maximum atomic E-state index is 15.2. The summed E-state index contributed by atoms with van der Waals surface area (Å²) in [5.74, 6) is 0. The van der Waals surface area contributed by atoms with Crippen molar-refractivity contribution < 1.29 is 4.57 Å². The van der Waals surface area contributed by atoms with Crippen LogP contribution in [0.2, 0.25) is 0 Å². The molecule has 0 amide bonds. The Morgan fingerprint density at radius 3 is 1.82 bits per heavy atom. The van der Waals surface area contributed by atoms with Gasteiger partial charge in [0.05, 0.1) is 11.0 Å². The third-order valence-corrected chi connectivity index (χ3v) is 13.4. The fourth-order valence-electron chi connectivity index (χ4n) is 7.90. The highest BCUT2D eigenvalue weighted by atomic mass is 31.2. The van der Waals surface area contributed by atoms with Gasteiger partial charge in [-0.05, 0) is 74.5 Å². The van der Waals surface area contributed by atoms with E-state index in [0.29, 0.717) is 0 Å². The summed E-state index contributed by atoms with van der Waals surface area (Å²) in [5.41, 5.74) is 10.3. The van der Waals surface area contributed by atoms with Crippen LogP contribution in [-0.4, -0.2) is 4.57 Å². The molecule has 1 atom stereocenters. The Hall–Kier alpha value is -5.95. The topological polar surface area (TPSA) is 22.0 Å². The SMILES string of the molecule is O=P1(c2ccccc2)c2ccccc2-c2cc3c(cc21)c1ccccc1n3-c1ccc(-c2ccc(-c3cccc4ccccc34)cc2)cc1. The molecule has 0 saturated heterocycles. The molecule has 0 radical (unpaired) electrons. The molecule has 2 nitrogen and oxygen atoms in total. The normalized spacial score (nSPS) is 15.1. The van der Waals surface area contributed by atoms with Crippen LogP contribution in [0.15, 0.2) is 182 Å². The van der Waals surface area contributed by atoms with Gasteiger partial charge in [0.1, 0.15) is 0 Å². The molecule has 10 rings (SSSR count). The summed E-state index contributed by atoms with van der Waals surface area (Å²) in [6.07, 6.45) is 0. The summed E-state index contributed by atoms with van der Waals surface area (Å²) in [7, 11) is -3.03. The molecular weight excluding hydrogens is 613 g/mol. The van der Waals surface area contributed by atoms with Crippen molar-refractivity contribution in [3.05, 3.63) is 182 Å². The fourth-order valence-corrected chi connectivity index (χ4v) is 11.0. The Balaban J connectivity index is 1.09. The largest absolute Gasteiger partial charge is 0.309 e. The molecule has 1 aliphatic rings. The number of nitrogens with zero attached hydrogens (tertiary/aromatic N) is 1. The highest BCUT2D eigenvalue weighted by molar-refractivity contribution is 7.86. The van der Waals surface area contributed by atoms with Crippen LogP contribution in [0.4, 0.5) is 0 Å². The molecule has 1 aromatic heterocycles. The first-order chi connectivity index (χ1) is 24.2. The van der Waals surface area contributed by atoms with E-state index >= 15 is 4.57 Å². The minimum absolute atomic E-state index is 0.880. The van der Waals surface area contributed by atoms with Gasteiger partial charge in [0, 0.05) is 32.4 Å². The zero-order valence-corrected chi connectivity index (χ0v) is 27.5. The van der Waals surface area contributed by atoms with Crippen LogP contribution < -0.4 is 15.9 Å². The molecule has 0 spiro atoms. The predicted molar refractivity (Wildman–Crippen MR) is 208 cm³/mol. The molecule has 0 saturated carbocycles. The van der Waals surface area contributed by atoms with E-state index in [1.807, 2.05) is 42.5 Å². The maximum Gasteiger partial charge on any atom is 0.172 e. The molecule has 0 bridgehead atoms. The molecule has 8 aromatic carbocycles. The Bertz CT molecular complexity index is 2770. The van der Waals surface area contributed by atoms with Crippen LogP contribution in [0, 0.1) is 0 Å². The van der Waals surface area contributed by atoms with Gasteiger partial charge in [-0.1, -0.05) is 152 Å². The molecule has 0 N–H and O–H groups in total. The Morgan fingerprint density at radius 2 is 1.00 bits per heavy atom. The number of aromatic nitrogens is 1. The summed E-state index contributed by atoms with van der Waals surface area (Å²) >= 11 is 0. The minimum atomic E-state index is -3.03. The molecule has 0 aliphatic carbocycles. The average molecular weight is 644 g/mol. The molecule has 1 aliphatic heterocycles. The van der Waals surface area contributed by atoms with Gasteiger partial charge in [-0.2, -0.15) is 0 Å². The second kappa shape index (κ2) is 10.8. The van der Waals surface area contributed by atoms with Gasteiger partial charge in [-0.15, -0.1) is 0 Å². The van der Waals surface area contributed by atoms with Crippen molar-refractivity contribution in [2.75, 3.05) is 0 Å². The van der Waals surface area contributed by atoms with Crippen LogP contribution in [0.3, 0.4) is 0 Å². The van der Waals surface area contributed by atoms with Crippen LogP contribution >= 0.6 is 7.14 Å². The van der Waals surface area contributed by atoms with Crippen LogP contribution in [0.25, 0.3) is 71.6 Å². The van der Waals surface area contributed by atoms with Crippen LogP contribution in [-0.2, 0) is 4.57 Å². The second-order valence-corrected chi connectivity index (χ2v) is 15.6. The smallest absolute Gasteiger partial charge is 0.172 e. The molecule has 2 heterocycles. The van der Waals surface area contributed by atoms with E-state index in [4.69, 9.17) is 0 Å². The molecule has 3 heteroatoms. The average Bonchev–Trinajstić information content (AvgIpc) is 3.63. The van der Waals surface area contributed by atoms with Crippen molar-refractivity contribution in [2.45, 2.75) is 0 Å². The summed E-state index contributed by atoms with van der Waals surface area (Å²) < 4.78 is 17.6. The van der Waals surface area contributed by atoms with Crippen molar-refractivity contribution in [3.63, 3.8) is 0 Å². The van der Waals surface area contributed by atoms with Crippen molar-refractivity contribution in [2.24, 2.45) is 0 Å². The van der Waals surface area contributed by atoms with Crippen molar-refractivity contribution in [1.82, 2.24) is 4.57 Å². The second-order valence-electron chi connectivity index (χ2n) is 12.9. The molecule has 230 valence electrons. The van der Waals surface area contributed by atoms with Gasteiger partial charge in [0.15, 0.2) is 7.14 Å². The molecular formula is C46H30NOP. The summed E-state index contributed by atoms with van der Waals surface area (Å²) in [6.45, 7) is 0. The molecule has 49 heavy (non-hydrogen) atoms. The van der Waals surface area contributed by atoms with Gasteiger partial charge in [0.25, 0.3) is 0 Å². The summed E-state index contributed by atoms with van der Waals surface area (Å²) in [5, 5.41) is 7.53. The van der Waals surface area contributed by atoms with Crippen LogP contribution in [0.1, 0.15) is 0 Å². The van der Waals surface area contributed by atoms with E-state index in [2.05, 4.69) is 144 Å². The van der Waals surface area contributed by atoms with Gasteiger partial charge in [-0.3, -0.25) is 0 Å². The van der Waals surface area contributed by atoms with E-state index in [1.54, 1.807) is 0 Å². The Labute approximate surface area is 284 Å². The molecule has 0 fully saturated rings. The zero-order valence-electron chi connectivity index (χ0n) is 26.6. The monoisotopic (exact) mass is 643 g/mol. The van der Waals surface area contributed by atoms with Gasteiger partial charge >= 0.3 is 0 Å². The van der Waals surface area contributed by atoms with E-state index in [9.17, 15) is 0 Å². The van der Waals surface area contributed by atoms with Crippen molar-refractivity contribution >= 4 is 55.6 Å². The van der Waals surface area contributed by atoms with Gasteiger partial charge < -0.3 is 9.13 Å². The van der Waals surface area contributed by atoms with E-state index in [0.717, 1.165) is 54.5 Å². The van der Waals surface area contributed by atoms with E-state index in [-0.39, 0.29) is 0 Å². The molecule has 9 aromatic rings. The highest BCUT2D eigenvalue weighted by Gasteiger charge is 2.40. The number of para-hydroxylation sites is 1. The van der Waals surface area contributed by atoms with Crippen LogP contribution in [0.5, 0.6) is 0 Å². The third-order valence-electron chi connectivity index (χ3n) is 10.2. The van der Waals surface area contributed by atoms with E-state index < -0.39 is 7.14 Å². The summed E-state index contributed by atoms with van der Waals surface area (Å²) in [4.78, 5) is 0. The Morgan fingerprint density at radius 1 is 0.388 bits per heavy atom. The Kier molecular flexibility index (Phi) is 6.19. The number of benzene rings is 8. The number of rotatable bonds is 4. The van der Waals surface area contributed by atoms with E-state index in [1.165, 1.54) is 33.0 Å². The predicted octanol–water partition coefficient (Wildman–Crippen LogP) is 10.9. The van der Waals surface area contributed by atoms with Crippen molar-refractivity contribution in [1.29, 1.82) is 0 Å². The minimum Gasteiger partial charge on any atom is -0.309 e. The number of hydrogen-bond donors (Lipinski definition) is 0. The van der Waals surface area contributed by atoms with Gasteiger partial charge in [0.2, 0.25) is 0 Å².